The Bertz CT molecular complexity index is 893. The van der Waals surface area contributed by atoms with Gasteiger partial charge in [0.15, 0.2) is 0 Å². The van der Waals surface area contributed by atoms with Crippen LogP contribution >= 0.6 is 0 Å². The van der Waals surface area contributed by atoms with Crippen LogP contribution in [0.3, 0.4) is 0 Å². The molecule has 1 fully saturated rings. The van der Waals surface area contributed by atoms with E-state index >= 15 is 0 Å². The van der Waals surface area contributed by atoms with Crippen molar-refractivity contribution < 1.29 is 8.95 Å². The van der Waals surface area contributed by atoms with Crippen LogP contribution in [0.5, 0.6) is 5.75 Å². The van der Waals surface area contributed by atoms with Crippen molar-refractivity contribution in [3.8, 4) is 5.75 Å². The highest BCUT2D eigenvalue weighted by Gasteiger charge is 2.19. The van der Waals surface area contributed by atoms with E-state index in [2.05, 4.69) is 44.0 Å². The normalized spacial score (nSPS) is 20.2. The van der Waals surface area contributed by atoms with E-state index in [0.29, 0.717) is 17.3 Å². The topological polar surface area (TPSA) is 54.3 Å². The number of benzene rings is 2. The second kappa shape index (κ2) is 8.10. The molecule has 1 unspecified atom stereocenters. The molecular weight excluding hydrogens is 346 g/mol. The van der Waals surface area contributed by atoms with Crippen molar-refractivity contribution >= 4 is 11.2 Å². The van der Waals surface area contributed by atoms with Crippen molar-refractivity contribution in [2.24, 2.45) is 14.7 Å². The molecule has 4 rings (SSSR count). The predicted molar refractivity (Wildman–Crippen MR) is 102 cm³/mol. The molecule has 1 atom stereocenters. The molecule has 0 saturated carbocycles. The zero-order valence-electron chi connectivity index (χ0n) is 14.7. The Labute approximate surface area is 156 Å². The highest BCUT2D eigenvalue weighted by Crippen LogP contribution is 2.21. The highest BCUT2D eigenvalue weighted by molar-refractivity contribution is 7.82. The summed E-state index contributed by atoms with van der Waals surface area (Å²) in [6.45, 7) is 3.86. The maximum atomic E-state index is 11.3. The summed E-state index contributed by atoms with van der Waals surface area (Å²) in [6, 6.07) is 16.3. The van der Waals surface area contributed by atoms with Gasteiger partial charge in [0, 0.05) is 12.6 Å². The molecule has 0 radical (unpaired) electrons. The summed E-state index contributed by atoms with van der Waals surface area (Å²) >= 11 is -1.47. The Hall–Kier alpha value is -2.05. The first kappa shape index (κ1) is 17.4. The highest BCUT2D eigenvalue weighted by atomic mass is 32.2. The molecule has 26 heavy (non-hydrogen) atoms. The lowest BCUT2D eigenvalue weighted by Gasteiger charge is -2.31. The van der Waals surface area contributed by atoms with Gasteiger partial charge in [-0.05, 0) is 56.0 Å². The summed E-state index contributed by atoms with van der Waals surface area (Å²) in [5.41, 5.74) is 1.45. The molecule has 0 bridgehead atoms. The van der Waals surface area contributed by atoms with E-state index in [-0.39, 0.29) is 0 Å². The predicted octanol–water partition coefficient (Wildman–Crippen LogP) is 1.85. The average molecular weight is 369 g/mol. The number of rotatable bonds is 6. The van der Waals surface area contributed by atoms with Crippen LogP contribution in [0.25, 0.3) is 0 Å². The molecule has 1 saturated heterocycles. The minimum Gasteiger partial charge on any atom is -0.492 e. The SMILES string of the molecule is O=S1N=c2ccc(OCCN3CCC(Cc4ccccc4)CC3)cc2=N1. The Morgan fingerprint density at radius 2 is 1.81 bits per heavy atom. The van der Waals surface area contributed by atoms with Gasteiger partial charge in [-0.3, -0.25) is 4.90 Å². The lowest BCUT2D eigenvalue weighted by Crippen LogP contribution is -2.37. The lowest BCUT2D eigenvalue weighted by molar-refractivity contribution is 0.155. The van der Waals surface area contributed by atoms with Gasteiger partial charge in [-0.25, -0.2) is 4.21 Å². The number of likely N-dealkylation sites (tertiary alicyclic amines) is 1. The summed E-state index contributed by atoms with van der Waals surface area (Å²) in [5.74, 6) is 1.55. The minimum absolute atomic E-state index is 0.655. The quantitative estimate of drug-likeness (QED) is 0.781. The molecule has 2 aromatic rings. The third-order valence-corrected chi connectivity index (χ3v) is 5.76. The van der Waals surface area contributed by atoms with Gasteiger partial charge in [-0.1, -0.05) is 30.3 Å². The maximum absolute atomic E-state index is 11.3. The lowest BCUT2D eigenvalue weighted by atomic mass is 9.90. The fraction of sp³-hybridized carbons (Fsp3) is 0.400. The van der Waals surface area contributed by atoms with E-state index in [1.54, 1.807) is 0 Å². The minimum atomic E-state index is -1.47. The number of nitrogens with zero attached hydrogens (tertiary/aromatic N) is 3. The molecule has 0 amide bonds. The van der Waals surface area contributed by atoms with Gasteiger partial charge in [-0.2, -0.15) is 8.80 Å². The number of hydrogen-bond donors (Lipinski definition) is 0. The van der Waals surface area contributed by atoms with Gasteiger partial charge in [0.25, 0.3) is 11.2 Å². The Morgan fingerprint density at radius 3 is 2.62 bits per heavy atom. The Kier molecular flexibility index (Phi) is 5.41. The van der Waals surface area contributed by atoms with Gasteiger partial charge >= 0.3 is 0 Å². The molecule has 0 aromatic heterocycles. The van der Waals surface area contributed by atoms with Crippen LogP contribution in [0.1, 0.15) is 18.4 Å². The van der Waals surface area contributed by atoms with Crippen LogP contribution < -0.4 is 15.5 Å². The van der Waals surface area contributed by atoms with Crippen molar-refractivity contribution in [1.82, 2.24) is 4.90 Å². The van der Waals surface area contributed by atoms with Crippen molar-refractivity contribution in [2.45, 2.75) is 19.3 Å². The number of fused-ring (bicyclic) bond motifs is 1. The van der Waals surface area contributed by atoms with E-state index < -0.39 is 11.2 Å². The zero-order valence-corrected chi connectivity index (χ0v) is 15.5. The van der Waals surface area contributed by atoms with E-state index in [1.165, 1.54) is 24.8 Å². The third-order valence-electron chi connectivity index (χ3n) is 5.05. The smallest absolute Gasteiger partial charge is 0.266 e. The summed E-state index contributed by atoms with van der Waals surface area (Å²) < 4.78 is 25.0. The molecule has 2 aliphatic rings. The molecule has 2 heterocycles. The summed E-state index contributed by atoms with van der Waals surface area (Å²) in [7, 11) is 0. The molecule has 2 aliphatic heterocycles. The second-order valence-corrected chi connectivity index (χ2v) is 7.71. The molecule has 2 aromatic carbocycles. The number of hydrogen-bond acceptors (Lipinski definition) is 3. The van der Waals surface area contributed by atoms with Crippen LogP contribution in [0.15, 0.2) is 57.3 Å². The molecule has 5 nitrogen and oxygen atoms in total. The standard InChI is InChI=1S/C20H23N3O2S/c24-26-21-19-7-6-18(15-20(19)22-26)25-13-12-23-10-8-17(9-11-23)14-16-4-2-1-3-5-16/h1-7,15,17H,8-14H2. The van der Waals surface area contributed by atoms with Crippen molar-refractivity contribution in [2.75, 3.05) is 26.2 Å². The fourth-order valence-electron chi connectivity index (χ4n) is 3.59. The van der Waals surface area contributed by atoms with Gasteiger partial charge in [0.2, 0.25) is 0 Å². The average Bonchev–Trinajstić information content (AvgIpc) is 3.03. The van der Waals surface area contributed by atoms with Crippen LogP contribution in [0.4, 0.5) is 0 Å². The van der Waals surface area contributed by atoms with E-state index in [4.69, 9.17) is 4.74 Å². The summed E-state index contributed by atoms with van der Waals surface area (Å²) in [5, 5.41) is 1.33. The van der Waals surface area contributed by atoms with Crippen molar-refractivity contribution in [1.29, 1.82) is 0 Å². The van der Waals surface area contributed by atoms with E-state index in [0.717, 1.165) is 31.3 Å². The molecule has 6 heteroatoms. The summed E-state index contributed by atoms with van der Waals surface area (Å²) in [6.07, 6.45) is 3.69. The maximum Gasteiger partial charge on any atom is 0.266 e. The van der Waals surface area contributed by atoms with Crippen LogP contribution in [-0.4, -0.2) is 35.3 Å². The first-order valence-corrected chi connectivity index (χ1v) is 10.2. The second-order valence-electron chi connectivity index (χ2n) is 6.89. The van der Waals surface area contributed by atoms with Crippen LogP contribution in [0.2, 0.25) is 0 Å². The van der Waals surface area contributed by atoms with Gasteiger partial charge in [0.1, 0.15) is 23.1 Å². The fourth-order valence-corrected chi connectivity index (χ4v) is 4.26. The molecule has 136 valence electrons. The molecule has 0 aliphatic carbocycles. The third kappa shape index (κ3) is 4.37. The largest absolute Gasteiger partial charge is 0.492 e. The number of ether oxygens (including phenoxy) is 1. The Balaban J connectivity index is 1.21. The summed E-state index contributed by atoms with van der Waals surface area (Å²) in [4.78, 5) is 2.48. The van der Waals surface area contributed by atoms with Crippen molar-refractivity contribution in [3.05, 3.63) is 64.8 Å². The van der Waals surface area contributed by atoms with Gasteiger partial charge in [0.05, 0.1) is 0 Å². The van der Waals surface area contributed by atoms with Crippen LogP contribution in [-0.2, 0) is 17.6 Å². The number of piperidine rings is 1. The first-order chi connectivity index (χ1) is 12.8. The van der Waals surface area contributed by atoms with E-state index in [9.17, 15) is 4.21 Å². The van der Waals surface area contributed by atoms with Gasteiger partial charge < -0.3 is 4.74 Å². The van der Waals surface area contributed by atoms with Crippen LogP contribution in [0, 0.1) is 5.92 Å². The molecule has 0 spiro atoms. The monoisotopic (exact) mass is 369 g/mol. The van der Waals surface area contributed by atoms with E-state index in [1.807, 2.05) is 18.2 Å². The van der Waals surface area contributed by atoms with Gasteiger partial charge in [-0.15, -0.1) is 0 Å². The first-order valence-electron chi connectivity index (χ1n) is 9.15. The Morgan fingerprint density at radius 1 is 1.04 bits per heavy atom. The van der Waals surface area contributed by atoms with Crippen molar-refractivity contribution in [3.63, 3.8) is 0 Å². The molecule has 0 N–H and O–H groups in total. The molecular formula is C20H23N3O2S. The zero-order chi connectivity index (χ0) is 17.8.